The fourth-order valence-electron chi connectivity index (χ4n) is 2.00. The zero-order valence-corrected chi connectivity index (χ0v) is 13.8. The van der Waals surface area contributed by atoms with Gasteiger partial charge in [0.25, 0.3) is 0 Å². The van der Waals surface area contributed by atoms with Crippen molar-refractivity contribution in [2.24, 2.45) is 0 Å². The topological polar surface area (TPSA) is 58.2 Å². The van der Waals surface area contributed by atoms with E-state index in [1.807, 2.05) is 30.3 Å². The van der Waals surface area contributed by atoms with Gasteiger partial charge in [-0.15, -0.1) is 0 Å². The van der Waals surface area contributed by atoms with Crippen molar-refractivity contribution < 1.29 is 9.59 Å². The van der Waals surface area contributed by atoms with Crippen molar-refractivity contribution in [1.29, 1.82) is 0 Å². The summed E-state index contributed by atoms with van der Waals surface area (Å²) in [7, 11) is 0. The lowest BCUT2D eigenvalue weighted by Crippen LogP contribution is -2.36. The van der Waals surface area contributed by atoms with Crippen LogP contribution in [-0.2, 0) is 16.0 Å². The van der Waals surface area contributed by atoms with Crippen LogP contribution >= 0.6 is 23.2 Å². The van der Waals surface area contributed by atoms with Gasteiger partial charge in [-0.25, -0.2) is 0 Å². The van der Waals surface area contributed by atoms with E-state index < -0.39 is 11.8 Å². The molecule has 2 aromatic carbocycles. The first-order valence-corrected chi connectivity index (χ1v) is 7.90. The van der Waals surface area contributed by atoms with Crippen molar-refractivity contribution in [3.8, 4) is 0 Å². The number of benzene rings is 2. The number of halogens is 2. The highest BCUT2D eigenvalue weighted by Crippen LogP contribution is 2.29. The molecule has 2 amide bonds. The Kier molecular flexibility index (Phi) is 6.44. The first-order valence-electron chi connectivity index (χ1n) is 7.15. The molecule has 0 saturated heterocycles. The van der Waals surface area contributed by atoms with Gasteiger partial charge in [-0.05, 0) is 30.5 Å². The zero-order chi connectivity index (χ0) is 16.7. The Morgan fingerprint density at radius 2 is 1.65 bits per heavy atom. The predicted molar refractivity (Wildman–Crippen MR) is 92.9 cm³/mol. The smallest absolute Gasteiger partial charge is 0.313 e. The number of hydrogen-bond donors (Lipinski definition) is 2. The van der Waals surface area contributed by atoms with Gasteiger partial charge in [0, 0.05) is 6.54 Å². The molecular weight excluding hydrogens is 335 g/mol. The monoisotopic (exact) mass is 350 g/mol. The van der Waals surface area contributed by atoms with E-state index in [4.69, 9.17) is 23.2 Å². The first kappa shape index (κ1) is 17.3. The Morgan fingerprint density at radius 1 is 0.913 bits per heavy atom. The average molecular weight is 351 g/mol. The Balaban J connectivity index is 1.77. The fourth-order valence-corrected chi connectivity index (χ4v) is 2.35. The summed E-state index contributed by atoms with van der Waals surface area (Å²) < 4.78 is 0. The largest absolute Gasteiger partial charge is 0.348 e. The minimum atomic E-state index is -0.770. The van der Waals surface area contributed by atoms with Crippen LogP contribution in [0.1, 0.15) is 12.0 Å². The molecule has 0 unspecified atom stereocenters. The number of rotatable bonds is 5. The minimum Gasteiger partial charge on any atom is -0.348 e. The third kappa shape index (κ3) is 5.27. The number of hydrogen-bond acceptors (Lipinski definition) is 2. The SMILES string of the molecule is O=C(NCCCc1ccccc1)C(=O)Nc1cccc(Cl)c1Cl. The second kappa shape index (κ2) is 8.56. The van der Waals surface area contributed by atoms with Crippen LogP contribution in [0.3, 0.4) is 0 Å². The summed E-state index contributed by atoms with van der Waals surface area (Å²) in [5.41, 5.74) is 1.50. The summed E-state index contributed by atoms with van der Waals surface area (Å²) in [6, 6.07) is 14.8. The first-order chi connectivity index (χ1) is 11.1. The fraction of sp³-hybridized carbons (Fsp3) is 0.176. The summed E-state index contributed by atoms with van der Waals surface area (Å²) in [6.45, 7) is 0.421. The van der Waals surface area contributed by atoms with Gasteiger partial charge < -0.3 is 10.6 Å². The van der Waals surface area contributed by atoms with Crippen molar-refractivity contribution in [2.45, 2.75) is 12.8 Å². The van der Waals surface area contributed by atoms with Crippen LogP contribution in [0.2, 0.25) is 10.0 Å². The molecule has 0 aliphatic rings. The van der Waals surface area contributed by atoms with Crippen LogP contribution in [-0.4, -0.2) is 18.4 Å². The van der Waals surface area contributed by atoms with Crippen LogP contribution < -0.4 is 10.6 Å². The number of carbonyl (C=O) groups excluding carboxylic acids is 2. The van der Waals surface area contributed by atoms with Crippen LogP contribution in [0.25, 0.3) is 0 Å². The molecule has 0 heterocycles. The van der Waals surface area contributed by atoms with Crippen molar-refractivity contribution in [1.82, 2.24) is 5.32 Å². The van der Waals surface area contributed by atoms with E-state index in [9.17, 15) is 9.59 Å². The van der Waals surface area contributed by atoms with Gasteiger partial charge >= 0.3 is 11.8 Å². The van der Waals surface area contributed by atoms with Crippen molar-refractivity contribution in [3.05, 3.63) is 64.1 Å². The third-order valence-electron chi connectivity index (χ3n) is 3.18. The Labute approximate surface area is 144 Å². The van der Waals surface area contributed by atoms with E-state index in [-0.39, 0.29) is 5.02 Å². The summed E-state index contributed by atoms with van der Waals surface area (Å²) >= 11 is 11.8. The van der Waals surface area contributed by atoms with E-state index in [1.54, 1.807) is 18.2 Å². The van der Waals surface area contributed by atoms with Gasteiger partial charge in [-0.3, -0.25) is 9.59 Å². The molecule has 0 radical (unpaired) electrons. The van der Waals surface area contributed by atoms with Crippen LogP contribution in [0.15, 0.2) is 48.5 Å². The van der Waals surface area contributed by atoms with Crippen LogP contribution in [0, 0.1) is 0 Å². The highest BCUT2D eigenvalue weighted by molar-refractivity contribution is 6.45. The molecule has 0 aliphatic heterocycles. The van der Waals surface area contributed by atoms with E-state index in [2.05, 4.69) is 10.6 Å². The van der Waals surface area contributed by atoms with Crippen molar-refractivity contribution in [2.75, 3.05) is 11.9 Å². The molecule has 2 N–H and O–H groups in total. The number of aryl methyl sites for hydroxylation is 1. The Morgan fingerprint density at radius 3 is 2.39 bits per heavy atom. The molecule has 0 fully saturated rings. The minimum absolute atomic E-state index is 0.208. The molecule has 0 atom stereocenters. The molecule has 23 heavy (non-hydrogen) atoms. The lowest BCUT2D eigenvalue weighted by Gasteiger charge is -2.08. The van der Waals surface area contributed by atoms with Gasteiger partial charge in [-0.1, -0.05) is 59.6 Å². The number of nitrogens with one attached hydrogen (secondary N) is 2. The maximum atomic E-state index is 11.8. The van der Waals surface area contributed by atoms with Gasteiger partial charge in [-0.2, -0.15) is 0 Å². The summed E-state index contributed by atoms with van der Waals surface area (Å²) in [6.07, 6.45) is 1.59. The van der Waals surface area contributed by atoms with Gasteiger partial charge in [0.15, 0.2) is 0 Å². The lowest BCUT2D eigenvalue weighted by atomic mass is 10.1. The zero-order valence-electron chi connectivity index (χ0n) is 12.3. The molecule has 0 saturated carbocycles. The molecule has 0 bridgehead atoms. The van der Waals surface area contributed by atoms with E-state index in [0.717, 1.165) is 12.8 Å². The van der Waals surface area contributed by atoms with E-state index >= 15 is 0 Å². The van der Waals surface area contributed by atoms with Gasteiger partial charge in [0.2, 0.25) is 0 Å². The number of amides is 2. The van der Waals surface area contributed by atoms with Crippen molar-refractivity contribution in [3.63, 3.8) is 0 Å². The molecule has 4 nitrogen and oxygen atoms in total. The predicted octanol–water partition coefficient (Wildman–Crippen LogP) is 3.68. The number of carbonyl (C=O) groups is 2. The average Bonchev–Trinajstić information content (AvgIpc) is 2.56. The van der Waals surface area contributed by atoms with Gasteiger partial charge in [0.05, 0.1) is 15.7 Å². The Hall–Kier alpha value is -2.04. The number of anilines is 1. The molecule has 2 aromatic rings. The highest BCUT2D eigenvalue weighted by atomic mass is 35.5. The summed E-state index contributed by atoms with van der Waals surface area (Å²) in [5, 5.41) is 5.54. The molecule has 6 heteroatoms. The van der Waals surface area contributed by atoms with Crippen LogP contribution in [0.5, 0.6) is 0 Å². The molecule has 0 aromatic heterocycles. The maximum Gasteiger partial charge on any atom is 0.313 e. The molecule has 2 rings (SSSR count). The highest BCUT2D eigenvalue weighted by Gasteiger charge is 2.15. The quantitative estimate of drug-likeness (QED) is 0.638. The van der Waals surface area contributed by atoms with Crippen LogP contribution in [0.4, 0.5) is 5.69 Å². The maximum absolute atomic E-state index is 11.8. The normalized spacial score (nSPS) is 10.2. The third-order valence-corrected chi connectivity index (χ3v) is 4.00. The molecule has 120 valence electrons. The molecule has 0 spiro atoms. The van der Waals surface area contributed by atoms with E-state index in [0.29, 0.717) is 17.3 Å². The molecular formula is C17H16Cl2N2O2. The second-order valence-electron chi connectivity index (χ2n) is 4.90. The van der Waals surface area contributed by atoms with Gasteiger partial charge in [0.1, 0.15) is 0 Å². The second-order valence-corrected chi connectivity index (χ2v) is 5.69. The Bertz CT molecular complexity index is 690. The summed E-state index contributed by atoms with van der Waals surface area (Å²) in [4.78, 5) is 23.6. The summed E-state index contributed by atoms with van der Waals surface area (Å²) in [5.74, 6) is -1.47. The standard InChI is InChI=1S/C17H16Cl2N2O2/c18-13-9-4-10-14(15(13)19)21-17(23)16(22)20-11-5-8-12-6-2-1-3-7-12/h1-4,6-7,9-10H,5,8,11H2,(H,20,22)(H,21,23). The molecule has 0 aliphatic carbocycles. The van der Waals surface area contributed by atoms with Crippen molar-refractivity contribution >= 4 is 40.7 Å². The lowest BCUT2D eigenvalue weighted by molar-refractivity contribution is -0.136. The van der Waals surface area contributed by atoms with E-state index in [1.165, 1.54) is 5.56 Å².